The number of carbonyl (C=O) groups is 1. The maximum Gasteiger partial charge on any atom is 0.325 e. The van der Waals surface area contributed by atoms with E-state index in [9.17, 15) is 18.7 Å². The Morgan fingerprint density at radius 2 is 2.20 bits per heavy atom. The number of carboxylic acid groups (broad SMARTS) is 1. The molecule has 0 saturated heterocycles. The summed E-state index contributed by atoms with van der Waals surface area (Å²) in [5, 5.41) is 12.5. The third-order valence-corrected chi connectivity index (χ3v) is 4.72. The van der Waals surface area contributed by atoms with Gasteiger partial charge >= 0.3 is 5.97 Å². The molecule has 0 radical (unpaired) electrons. The third-order valence-electron chi connectivity index (χ3n) is 3.50. The first kappa shape index (κ1) is 15.3. The minimum Gasteiger partial charge on any atom is -0.480 e. The molecule has 0 spiro atoms. The van der Waals surface area contributed by atoms with Crippen molar-refractivity contribution in [2.45, 2.75) is 30.2 Å². The highest BCUT2D eigenvalue weighted by Crippen LogP contribution is 2.43. The highest BCUT2D eigenvalue weighted by atomic mass is 32.2. The molecule has 1 aliphatic rings. The SMILES string of the molecule is CCNC(CSc1cc(F)ccc1F)(C(=O)O)C1CC1. The standard InChI is InChI=1S/C14H17F2NO2S/c1-2-17-14(13(18)19,9-3-4-9)8-20-12-7-10(15)5-6-11(12)16/h5-7,9,17H,2-4,8H2,1H3,(H,18,19). The molecular weight excluding hydrogens is 284 g/mol. The van der Waals surface area contributed by atoms with Crippen LogP contribution in [-0.4, -0.2) is 28.9 Å². The third kappa shape index (κ3) is 3.12. The monoisotopic (exact) mass is 301 g/mol. The zero-order valence-corrected chi connectivity index (χ0v) is 12.0. The Balaban J connectivity index is 2.16. The average molecular weight is 301 g/mol. The van der Waals surface area contributed by atoms with Crippen LogP contribution in [0.15, 0.2) is 23.1 Å². The zero-order chi connectivity index (χ0) is 14.8. The summed E-state index contributed by atoms with van der Waals surface area (Å²) < 4.78 is 26.7. The zero-order valence-electron chi connectivity index (χ0n) is 11.2. The van der Waals surface area contributed by atoms with Gasteiger partial charge in [-0.3, -0.25) is 4.79 Å². The Kier molecular flexibility index (Phi) is 4.65. The van der Waals surface area contributed by atoms with Crippen LogP contribution in [0.1, 0.15) is 19.8 Å². The van der Waals surface area contributed by atoms with E-state index in [-0.39, 0.29) is 16.6 Å². The Bertz CT molecular complexity index is 508. The number of nitrogens with one attached hydrogen (secondary N) is 1. The quantitative estimate of drug-likeness (QED) is 0.760. The van der Waals surface area contributed by atoms with Crippen molar-refractivity contribution in [2.75, 3.05) is 12.3 Å². The van der Waals surface area contributed by atoms with Crippen LogP contribution in [-0.2, 0) is 4.79 Å². The molecule has 3 nitrogen and oxygen atoms in total. The van der Waals surface area contributed by atoms with Gasteiger partial charge in [-0.25, -0.2) is 8.78 Å². The van der Waals surface area contributed by atoms with E-state index in [1.807, 2.05) is 6.92 Å². The van der Waals surface area contributed by atoms with E-state index in [0.717, 1.165) is 42.8 Å². The molecule has 1 unspecified atom stereocenters. The van der Waals surface area contributed by atoms with Crippen molar-refractivity contribution in [3.63, 3.8) is 0 Å². The second kappa shape index (κ2) is 6.10. The van der Waals surface area contributed by atoms with Crippen LogP contribution >= 0.6 is 11.8 Å². The minimum absolute atomic E-state index is 0.0593. The summed E-state index contributed by atoms with van der Waals surface area (Å²) in [7, 11) is 0. The molecule has 0 aromatic heterocycles. The number of aliphatic carboxylic acids is 1. The van der Waals surface area contributed by atoms with Gasteiger partial charge in [-0.05, 0) is 43.5 Å². The molecule has 1 fully saturated rings. The number of rotatable bonds is 7. The largest absolute Gasteiger partial charge is 0.480 e. The summed E-state index contributed by atoms with van der Waals surface area (Å²) >= 11 is 1.05. The number of carboxylic acids is 1. The van der Waals surface area contributed by atoms with Gasteiger partial charge in [0.1, 0.15) is 17.2 Å². The van der Waals surface area contributed by atoms with Crippen LogP contribution in [0, 0.1) is 17.6 Å². The molecular formula is C14H17F2NO2S. The van der Waals surface area contributed by atoms with Crippen LogP contribution in [0.4, 0.5) is 8.78 Å². The van der Waals surface area contributed by atoms with Gasteiger partial charge in [-0.1, -0.05) is 6.92 Å². The van der Waals surface area contributed by atoms with Crippen LogP contribution < -0.4 is 5.32 Å². The molecule has 1 aromatic carbocycles. The molecule has 6 heteroatoms. The van der Waals surface area contributed by atoms with Gasteiger partial charge in [0.05, 0.1) is 0 Å². The molecule has 2 rings (SSSR count). The number of hydrogen-bond acceptors (Lipinski definition) is 3. The van der Waals surface area contributed by atoms with Crippen molar-refractivity contribution < 1.29 is 18.7 Å². The van der Waals surface area contributed by atoms with Crippen LogP contribution in [0.3, 0.4) is 0 Å². The number of halogens is 2. The molecule has 0 heterocycles. The molecule has 0 bridgehead atoms. The lowest BCUT2D eigenvalue weighted by atomic mass is 9.96. The van der Waals surface area contributed by atoms with E-state index >= 15 is 0 Å². The van der Waals surface area contributed by atoms with Crippen LogP contribution in [0.2, 0.25) is 0 Å². The van der Waals surface area contributed by atoms with Gasteiger partial charge in [-0.2, -0.15) is 0 Å². The maximum atomic E-state index is 13.6. The number of thioether (sulfide) groups is 1. The normalized spacial score (nSPS) is 17.8. The van der Waals surface area contributed by atoms with Crippen molar-refractivity contribution in [1.29, 1.82) is 0 Å². The Morgan fingerprint density at radius 1 is 1.50 bits per heavy atom. The molecule has 1 saturated carbocycles. The van der Waals surface area contributed by atoms with E-state index in [0.29, 0.717) is 6.54 Å². The molecule has 1 aliphatic carbocycles. The van der Waals surface area contributed by atoms with Crippen molar-refractivity contribution in [3.05, 3.63) is 29.8 Å². The molecule has 110 valence electrons. The average Bonchev–Trinajstić information content (AvgIpc) is 3.22. The summed E-state index contributed by atoms with van der Waals surface area (Å²) in [6.07, 6.45) is 1.71. The fourth-order valence-electron chi connectivity index (χ4n) is 2.30. The van der Waals surface area contributed by atoms with Crippen molar-refractivity contribution in [2.24, 2.45) is 5.92 Å². The Morgan fingerprint density at radius 3 is 2.75 bits per heavy atom. The molecule has 0 amide bonds. The topological polar surface area (TPSA) is 49.3 Å². The molecule has 1 atom stereocenters. The highest BCUT2D eigenvalue weighted by Gasteiger charge is 2.50. The van der Waals surface area contributed by atoms with Crippen LogP contribution in [0.5, 0.6) is 0 Å². The lowest BCUT2D eigenvalue weighted by molar-refractivity contribution is -0.144. The first-order valence-electron chi connectivity index (χ1n) is 6.56. The fraction of sp³-hybridized carbons (Fsp3) is 0.500. The van der Waals surface area contributed by atoms with E-state index < -0.39 is 23.1 Å². The van der Waals surface area contributed by atoms with Gasteiger partial charge in [0.2, 0.25) is 0 Å². The second-order valence-corrected chi connectivity index (χ2v) is 5.96. The lowest BCUT2D eigenvalue weighted by Crippen LogP contribution is -2.56. The minimum atomic E-state index is -1.06. The first-order chi connectivity index (χ1) is 9.49. The lowest BCUT2D eigenvalue weighted by Gasteiger charge is -2.30. The number of likely N-dealkylation sites (N-methyl/N-ethyl adjacent to an activating group) is 1. The van der Waals surface area contributed by atoms with Gasteiger partial charge < -0.3 is 10.4 Å². The summed E-state index contributed by atoms with van der Waals surface area (Å²) in [5.74, 6) is -1.73. The second-order valence-electron chi connectivity index (χ2n) is 4.94. The van der Waals surface area contributed by atoms with Crippen molar-refractivity contribution in [3.8, 4) is 0 Å². The molecule has 2 N–H and O–H groups in total. The molecule has 0 aliphatic heterocycles. The fourth-order valence-corrected chi connectivity index (χ4v) is 3.54. The summed E-state index contributed by atoms with van der Waals surface area (Å²) in [6, 6.07) is 3.21. The van der Waals surface area contributed by atoms with E-state index in [2.05, 4.69) is 5.32 Å². The summed E-state index contributed by atoms with van der Waals surface area (Å²) in [5.41, 5.74) is -1.06. The molecule has 20 heavy (non-hydrogen) atoms. The van der Waals surface area contributed by atoms with Crippen molar-refractivity contribution >= 4 is 17.7 Å². The number of benzene rings is 1. The van der Waals surface area contributed by atoms with E-state index in [1.54, 1.807) is 0 Å². The number of hydrogen-bond donors (Lipinski definition) is 2. The molecule has 1 aromatic rings. The van der Waals surface area contributed by atoms with Crippen LogP contribution in [0.25, 0.3) is 0 Å². The Hall–Kier alpha value is -1.14. The predicted molar refractivity (Wildman–Crippen MR) is 73.8 cm³/mol. The predicted octanol–water partition coefficient (Wildman–Crippen LogP) is 2.90. The van der Waals surface area contributed by atoms with Gasteiger partial charge in [0, 0.05) is 10.6 Å². The van der Waals surface area contributed by atoms with Gasteiger partial charge in [0.25, 0.3) is 0 Å². The first-order valence-corrected chi connectivity index (χ1v) is 7.54. The summed E-state index contributed by atoms with van der Waals surface area (Å²) in [4.78, 5) is 11.8. The van der Waals surface area contributed by atoms with Crippen molar-refractivity contribution in [1.82, 2.24) is 5.32 Å². The Labute approximate surface area is 120 Å². The van der Waals surface area contributed by atoms with Gasteiger partial charge in [0.15, 0.2) is 0 Å². The maximum absolute atomic E-state index is 13.6. The smallest absolute Gasteiger partial charge is 0.325 e. The highest BCUT2D eigenvalue weighted by molar-refractivity contribution is 7.99. The summed E-state index contributed by atoms with van der Waals surface area (Å²) in [6.45, 7) is 2.36. The van der Waals surface area contributed by atoms with Gasteiger partial charge in [-0.15, -0.1) is 11.8 Å². The van der Waals surface area contributed by atoms with E-state index in [4.69, 9.17) is 0 Å². The van der Waals surface area contributed by atoms with E-state index in [1.165, 1.54) is 0 Å².